The molecule has 2 aliphatic rings. The average Bonchev–Trinajstić information content (AvgIpc) is 3.63. The standard InChI is InChI=1S/C25H27ClN4O2/c1-30-8-6-17(7-9-30)29-23-18-10-15(16-11-20(26)25(32)21(27)12-16)4-5-22(18)28-13-19(23)24(31)14-2-3-14/h4-5,10-14,17,32H,2-3,6-9,27H2,1H3,(H,28,29). The molecule has 1 saturated carbocycles. The second-order valence-electron chi connectivity index (χ2n) is 9.04. The SMILES string of the molecule is CN1CCC(Nc2c(C(=O)C3CC3)cnc3ccc(-c4cc(N)c(O)c(Cl)c4)cc23)CC1. The van der Waals surface area contributed by atoms with Gasteiger partial charge in [0, 0.05) is 23.5 Å². The molecule has 32 heavy (non-hydrogen) atoms. The lowest BCUT2D eigenvalue weighted by Crippen LogP contribution is -2.37. The van der Waals surface area contributed by atoms with E-state index in [9.17, 15) is 9.90 Å². The second-order valence-corrected chi connectivity index (χ2v) is 9.44. The molecule has 6 nitrogen and oxygen atoms in total. The number of nitrogens with one attached hydrogen (secondary N) is 1. The summed E-state index contributed by atoms with van der Waals surface area (Å²) >= 11 is 6.16. The van der Waals surface area contributed by atoms with Crippen molar-refractivity contribution in [2.45, 2.75) is 31.7 Å². The summed E-state index contributed by atoms with van der Waals surface area (Å²) in [6.07, 6.45) is 5.70. The molecular formula is C25H27ClN4O2. The first kappa shape index (κ1) is 21.0. The maximum absolute atomic E-state index is 13.1. The van der Waals surface area contributed by atoms with E-state index >= 15 is 0 Å². The van der Waals surface area contributed by atoms with Gasteiger partial charge in [-0.25, -0.2) is 0 Å². The van der Waals surface area contributed by atoms with Gasteiger partial charge in [0.15, 0.2) is 11.5 Å². The molecule has 0 amide bonds. The summed E-state index contributed by atoms with van der Waals surface area (Å²) in [6.45, 7) is 2.06. The van der Waals surface area contributed by atoms with Crippen molar-refractivity contribution < 1.29 is 9.90 Å². The van der Waals surface area contributed by atoms with Gasteiger partial charge >= 0.3 is 0 Å². The number of benzene rings is 2. The van der Waals surface area contributed by atoms with Gasteiger partial charge in [-0.05, 0) is 81.2 Å². The molecule has 0 bridgehead atoms. The first-order valence-corrected chi connectivity index (χ1v) is 11.5. The van der Waals surface area contributed by atoms with Gasteiger partial charge < -0.3 is 21.1 Å². The topological polar surface area (TPSA) is 91.5 Å². The van der Waals surface area contributed by atoms with E-state index in [1.165, 1.54) is 0 Å². The normalized spacial score (nSPS) is 17.6. The molecule has 2 fully saturated rings. The highest BCUT2D eigenvalue weighted by Gasteiger charge is 2.33. The van der Waals surface area contributed by atoms with E-state index in [4.69, 9.17) is 17.3 Å². The Morgan fingerprint density at radius 2 is 1.91 bits per heavy atom. The maximum atomic E-state index is 13.1. The number of phenols is 1. The van der Waals surface area contributed by atoms with Crippen LogP contribution in [0.4, 0.5) is 11.4 Å². The number of Topliss-reactive ketones (excluding diaryl/α,β-unsaturated/α-hetero) is 1. The molecular weight excluding hydrogens is 424 g/mol. The number of rotatable bonds is 5. The molecule has 166 valence electrons. The second kappa shape index (κ2) is 8.26. The number of piperidine rings is 1. The van der Waals surface area contributed by atoms with E-state index in [2.05, 4.69) is 22.2 Å². The van der Waals surface area contributed by atoms with E-state index < -0.39 is 0 Å². The van der Waals surface area contributed by atoms with Crippen LogP contribution in [0.25, 0.3) is 22.0 Å². The first-order valence-electron chi connectivity index (χ1n) is 11.1. The van der Waals surface area contributed by atoms with Crippen LogP contribution in [0.1, 0.15) is 36.0 Å². The van der Waals surface area contributed by atoms with Gasteiger partial charge in [-0.3, -0.25) is 9.78 Å². The van der Waals surface area contributed by atoms with Crippen molar-refractivity contribution >= 4 is 39.7 Å². The summed E-state index contributed by atoms with van der Waals surface area (Å²) in [4.78, 5) is 20.0. The molecule has 7 heteroatoms. The smallest absolute Gasteiger partial charge is 0.169 e. The van der Waals surface area contributed by atoms with Crippen LogP contribution < -0.4 is 11.1 Å². The van der Waals surface area contributed by atoms with Crippen LogP contribution in [0, 0.1) is 5.92 Å². The minimum atomic E-state index is -0.111. The summed E-state index contributed by atoms with van der Waals surface area (Å²) in [7, 11) is 2.14. The lowest BCUT2D eigenvalue weighted by Gasteiger charge is -2.31. The van der Waals surface area contributed by atoms with Crippen molar-refractivity contribution in [2.24, 2.45) is 5.92 Å². The molecule has 0 spiro atoms. The average molecular weight is 451 g/mol. The zero-order chi connectivity index (χ0) is 22.4. The van der Waals surface area contributed by atoms with Crippen LogP contribution in [0.5, 0.6) is 5.75 Å². The summed E-state index contributed by atoms with van der Waals surface area (Å²) in [6, 6.07) is 9.66. The van der Waals surface area contributed by atoms with Crippen LogP contribution >= 0.6 is 11.6 Å². The minimum absolute atomic E-state index is 0.111. The quantitative estimate of drug-likeness (QED) is 0.289. The zero-order valence-electron chi connectivity index (χ0n) is 18.1. The van der Waals surface area contributed by atoms with Crippen molar-refractivity contribution in [3.05, 3.63) is 47.1 Å². The number of pyridine rings is 1. The van der Waals surface area contributed by atoms with Gasteiger partial charge in [-0.1, -0.05) is 17.7 Å². The number of hydrogen-bond donors (Lipinski definition) is 3. The fourth-order valence-electron chi connectivity index (χ4n) is 4.42. The number of nitrogen functional groups attached to an aromatic ring is 1. The number of fused-ring (bicyclic) bond motifs is 1. The Bertz CT molecular complexity index is 1180. The molecule has 0 unspecified atom stereocenters. The fourth-order valence-corrected chi connectivity index (χ4v) is 4.65. The molecule has 5 rings (SSSR count). The molecule has 0 radical (unpaired) electrons. The highest BCUT2D eigenvalue weighted by atomic mass is 35.5. The number of phenolic OH excluding ortho intramolecular Hbond substituents is 1. The molecule has 3 aromatic rings. The largest absolute Gasteiger partial charge is 0.504 e. The maximum Gasteiger partial charge on any atom is 0.169 e. The number of carbonyl (C=O) groups excluding carboxylic acids is 1. The number of aromatic nitrogens is 1. The highest BCUT2D eigenvalue weighted by molar-refractivity contribution is 6.32. The van der Waals surface area contributed by atoms with Crippen LogP contribution in [-0.2, 0) is 0 Å². The van der Waals surface area contributed by atoms with Crippen LogP contribution in [0.2, 0.25) is 5.02 Å². The van der Waals surface area contributed by atoms with Crippen molar-refractivity contribution in [1.82, 2.24) is 9.88 Å². The molecule has 1 aliphatic heterocycles. The monoisotopic (exact) mass is 450 g/mol. The van der Waals surface area contributed by atoms with Crippen molar-refractivity contribution in [3.8, 4) is 16.9 Å². The number of carbonyl (C=O) groups is 1. The number of anilines is 2. The summed E-state index contributed by atoms with van der Waals surface area (Å²) < 4.78 is 0. The molecule has 2 heterocycles. The number of nitrogens with two attached hydrogens (primary N) is 1. The third kappa shape index (κ3) is 4.00. The molecule has 0 atom stereocenters. The van der Waals surface area contributed by atoms with Gasteiger partial charge in [0.05, 0.1) is 27.5 Å². The third-order valence-electron chi connectivity index (χ3n) is 6.57. The van der Waals surface area contributed by atoms with Crippen LogP contribution in [-0.4, -0.2) is 47.0 Å². The molecule has 1 aromatic heterocycles. The Morgan fingerprint density at radius 1 is 1.16 bits per heavy atom. The Hall–Kier alpha value is -2.83. The highest BCUT2D eigenvalue weighted by Crippen LogP contribution is 2.39. The Morgan fingerprint density at radius 3 is 2.59 bits per heavy atom. The Labute approximate surface area is 192 Å². The number of likely N-dealkylation sites (tertiary alicyclic amines) is 1. The first-order chi connectivity index (χ1) is 15.4. The summed E-state index contributed by atoms with van der Waals surface area (Å²) in [5.41, 5.74) is 10.2. The third-order valence-corrected chi connectivity index (χ3v) is 6.86. The van der Waals surface area contributed by atoms with E-state index in [1.807, 2.05) is 18.2 Å². The number of aromatic hydroxyl groups is 1. The molecule has 4 N–H and O–H groups in total. The summed E-state index contributed by atoms with van der Waals surface area (Å²) in [5.74, 6) is 0.183. The van der Waals surface area contributed by atoms with Crippen molar-refractivity contribution in [1.29, 1.82) is 0 Å². The van der Waals surface area contributed by atoms with Gasteiger partial charge in [0.2, 0.25) is 0 Å². The lowest BCUT2D eigenvalue weighted by molar-refractivity contribution is 0.0968. The van der Waals surface area contributed by atoms with Gasteiger partial charge in [0.25, 0.3) is 0 Å². The van der Waals surface area contributed by atoms with Crippen LogP contribution in [0.3, 0.4) is 0 Å². The Kier molecular flexibility index (Phi) is 5.43. The van der Waals surface area contributed by atoms with Gasteiger partial charge in [-0.2, -0.15) is 0 Å². The number of nitrogens with zero attached hydrogens (tertiary/aromatic N) is 2. The van der Waals surface area contributed by atoms with Gasteiger partial charge in [-0.15, -0.1) is 0 Å². The lowest BCUT2D eigenvalue weighted by atomic mass is 9.97. The predicted octanol–water partition coefficient (Wildman–Crippen LogP) is 4.94. The van der Waals surface area contributed by atoms with Gasteiger partial charge in [0.1, 0.15) is 0 Å². The Balaban J connectivity index is 1.62. The minimum Gasteiger partial charge on any atom is -0.504 e. The van der Waals surface area contributed by atoms with Crippen LogP contribution in [0.15, 0.2) is 36.5 Å². The summed E-state index contributed by atoms with van der Waals surface area (Å²) in [5, 5.41) is 14.8. The zero-order valence-corrected chi connectivity index (χ0v) is 18.8. The van der Waals surface area contributed by atoms with E-state index in [1.54, 1.807) is 18.3 Å². The predicted molar refractivity (Wildman–Crippen MR) is 129 cm³/mol. The van der Waals surface area contributed by atoms with E-state index in [0.29, 0.717) is 11.6 Å². The van der Waals surface area contributed by atoms with E-state index in [-0.39, 0.29) is 28.2 Å². The molecule has 1 aliphatic carbocycles. The molecule has 2 aromatic carbocycles. The number of ketones is 1. The van der Waals surface area contributed by atoms with E-state index in [0.717, 1.165) is 66.5 Å². The van der Waals surface area contributed by atoms with Crippen molar-refractivity contribution in [2.75, 3.05) is 31.2 Å². The number of hydrogen-bond acceptors (Lipinski definition) is 6. The number of halogens is 1. The molecule has 1 saturated heterocycles. The fraction of sp³-hybridized carbons (Fsp3) is 0.360. The van der Waals surface area contributed by atoms with Crippen molar-refractivity contribution in [3.63, 3.8) is 0 Å².